The van der Waals surface area contributed by atoms with E-state index < -0.39 is 53.6 Å². The summed E-state index contributed by atoms with van der Waals surface area (Å²) >= 11 is 0. The summed E-state index contributed by atoms with van der Waals surface area (Å²) in [5, 5.41) is 12.1. The van der Waals surface area contributed by atoms with Crippen molar-refractivity contribution in [2.75, 3.05) is 27.2 Å². The minimum Gasteiger partial charge on any atom is -0.479 e. The highest BCUT2D eigenvalue weighted by Crippen LogP contribution is 2.29. The van der Waals surface area contributed by atoms with E-state index in [1.807, 2.05) is 0 Å². The third-order valence-corrected chi connectivity index (χ3v) is 5.44. The first kappa shape index (κ1) is 23.1. The molecule has 2 heterocycles. The van der Waals surface area contributed by atoms with E-state index in [9.17, 15) is 33.9 Å². The van der Waals surface area contributed by atoms with Gasteiger partial charge in [0.1, 0.15) is 6.04 Å². The third-order valence-electron chi connectivity index (χ3n) is 5.44. The lowest BCUT2D eigenvalue weighted by molar-refractivity contribution is -0.157. The Hall–Kier alpha value is -3.60. The number of rotatable bonds is 7. The summed E-state index contributed by atoms with van der Waals surface area (Å²) in [6.45, 7) is 0.455. The van der Waals surface area contributed by atoms with Gasteiger partial charge in [0.05, 0.1) is 24.2 Å². The fourth-order valence-electron chi connectivity index (χ4n) is 3.83. The Bertz CT molecular complexity index is 986. The maximum absolute atomic E-state index is 13.2. The van der Waals surface area contributed by atoms with Crippen LogP contribution in [0.3, 0.4) is 0 Å². The van der Waals surface area contributed by atoms with Gasteiger partial charge in [0.15, 0.2) is 5.54 Å². The van der Waals surface area contributed by atoms with Crippen LogP contribution in [0.2, 0.25) is 0 Å². The van der Waals surface area contributed by atoms with Crippen LogP contribution in [0.4, 0.5) is 0 Å². The third kappa shape index (κ3) is 4.11. The van der Waals surface area contributed by atoms with Crippen molar-refractivity contribution in [1.29, 1.82) is 0 Å². The van der Waals surface area contributed by atoms with Crippen molar-refractivity contribution >= 4 is 35.5 Å². The molecule has 1 fully saturated rings. The minimum atomic E-state index is -1.96. The Labute approximate surface area is 183 Å². The number of likely N-dealkylation sites (tertiary alicyclic amines) is 1. The second-order valence-corrected chi connectivity index (χ2v) is 8.32. The summed E-state index contributed by atoms with van der Waals surface area (Å²) in [4.78, 5) is 78.4. The number of amides is 5. The summed E-state index contributed by atoms with van der Waals surface area (Å²) in [6.07, 6.45) is -0.221. The number of carboxylic acids is 1. The topological polar surface area (TPSA) is 144 Å². The number of carboxylic acid groups (broad SMARTS) is 1. The van der Waals surface area contributed by atoms with E-state index in [1.54, 1.807) is 26.2 Å². The number of imide groups is 2. The van der Waals surface area contributed by atoms with Crippen molar-refractivity contribution < 1.29 is 33.9 Å². The number of piperidine rings is 1. The molecule has 11 nitrogen and oxygen atoms in total. The van der Waals surface area contributed by atoms with Gasteiger partial charge >= 0.3 is 5.97 Å². The zero-order chi connectivity index (χ0) is 23.8. The van der Waals surface area contributed by atoms with Crippen LogP contribution >= 0.6 is 0 Å². The van der Waals surface area contributed by atoms with E-state index in [0.29, 0.717) is 4.90 Å². The molecule has 11 heteroatoms. The largest absolute Gasteiger partial charge is 0.479 e. The maximum Gasteiger partial charge on any atom is 0.331 e. The average Bonchev–Trinajstić information content (AvgIpc) is 2.95. The molecule has 170 valence electrons. The highest BCUT2D eigenvalue weighted by Gasteiger charge is 2.49. The first-order valence-electron chi connectivity index (χ1n) is 9.96. The molecule has 2 aliphatic heterocycles. The molecule has 1 aromatic carbocycles. The average molecular weight is 444 g/mol. The molecule has 0 radical (unpaired) electrons. The quantitative estimate of drug-likeness (QED) is 0.527. The predicted octanol–water partition coefficient (Wildman–Crippen LogP) is -0.679. The van der Waals surface area contributed by atoms with Gasteiger partial charge in [0.2, 0.25) is 11.8 Å². The number of nitrogens with one attached hydrogen (secondary N) is 1. The molecule has 3 rings (SSSR count). The van der Waals surface area contributed by atoms with Gasteiger partial charge in [0.25, 0.3) is 17.7 Å². The van der Waals surface area contributed by atoms with Crippen molar-refractivity contribution in [2.45, 2.75) is 31.3 Å². The smallest absolute Gasteiger partial charge is 0.331 e. The van der Waals surface area contributed by atoms with Gasteiger partial charge in [0, 0.05) is 6.42 Å². The molecule has 1 unspecified atom stereocenters. The molecule has 2 atom stereocenters. The van der Waals surface area contributed by atoms with Crippen LogP contribution in [0.15, 0.2) is 24.3 Å². The van der Waals surface area contributed by atoms with Crippen molar-refractivity contribution in [2.24, 2.45) is 0 Å². The lowest BCUT2D eigenvalue weighted by Gasteiger charge is -2.38. The van der Waals surface area contributed by atoms with E-state index in [0.717, 1.165) is 4.90 Å². The highest BCUT2D eigenvalue weighted by molar-refractivity contribution is 6.23. The van der Waals surface area contributed by atoms with Gasteiger partial charge in [-0.2, -0.15) is 0 Å². The number of nitrogens with zero attached hydrogens (tertiary/aromatic N) is 3. The van der Waals surface area contributed by atoms with Gasteiger partial charge in [-0.3, -0.25) is 33.8 Å². The van der Waals surface area contributed by atoms with Gasteiger partial charge < -0.3 is 15.3 Å². The molecule has 0 spiro atoms. The Kier molecular flexibility index (Phi) is 6.13. The van der Waals surface area contributed by atoms with Crippen molar-refractivity contribution in [1.82, 2.24) is 20.0 Å². The molecule has 0 aliphatic carbocycles. The zero-order valence-corrected chi connectivity index (χ0v) is 18.0. The first-order valence-corrected chi connectivity index (χ1v) is 9.96. The Balaban J connectivity index is 1.85. The summed E-state index contributed by atoms with van der Waals surface area (Å²) in [7, 11) is 3.25. The van der Waals surface area contributed by atoms with Crippen LogP contribution in [0.25, 0.3) is 0 Å². The standard InChI is InChI=1S/C21H24N4O7/c1-21(20(31)32,22-15(26)10-23(2)3)11-24-16(27)9-8-14(19(24)30)25-17(28)12-6-4-5-7-13(12)18(25)29/h4-7,14H,8-11H2,1-3H3,(H,22,26)(H,31,32)/t14?,21-/m0/s1. The lowest BCUT2D eigenvalue weighted by Crippen LogP contribution is -2.64. The molecule has 2 aliphatic rings. The van der Waals surface area contributed by atoms with Gasteiger partial charge in [-0.05, 0) is 39.6 Å². The number of carbonyl (C=O) groups excluding carboxylic acids is 5. The number of hydrogen-bond acceptors (Lipinski definition) is 7. The van der Waals surface area contributed by atoms with E-state index in [1.165, 1.54) is 24.0 Å². The van der Waals surface area contributed by atoms with Crippen molar-refractivity contribution in [3.63, 3.8) is 0 Å². The molecular formula is C21H24N4O7. The molecule has 1 aromatic rings. The van der Waals surface area contributed by atoms with Crippen LogP contribution in [-0.4, -0.2) is 94.1 Å². The Morgan fingerprint density at radius 1 is 1.12 bits per heavy atom. The molecule has 1 saturated heterocycles. The second-order valence-electron chi connectivity index (χ2n) is 8.32. The Morgan fingerprint density at radius 2 is 1.69 bits per heavy atom. The summed E-state index contributed by atoms with van der Waals surface area (Å²) in [5.41, 5.74) is -1.62. The molecule has 0 bridgehead atoms. The molecule has 32 heavy (non-hydrogen) atoms. The van der Waals surface area contributed by atoms with Gasteiger partial charge in [-0.15, -0.1) is 0 Å². The first-order chi connectivity index (χ1) is 15.0. The van der Waals surface area contributed by atoms with Crippen LogP contribution < -0.4 is 5.32 Å². The number of benzene rings is 1. The van der Waals surface area contributed by atoms with Gasteiger partial charge in [-0.1, -0.05) is 12.1 Å². The second kappa shape index (κ2) is 8.50. The van der Waals surface area contributed by atoms with E-state index in [-0.39, 0.29) is 30.5 Å². The number of carbonyl (C=O) groups is 6. The van der Waals surface area contributed by atoms with Crippen LogP contribution in [0.1, 0.15) is 40.5 Å². The molecule has 0 aromatic heterocycles. The number of aliphatic carboxylic acids is 1. The Morgan fingerprint density at radius 3 is 2.19 bits per heavy atom. The van der Waals surface area contributed by atoms with Crippen LogP contribution in [-0.2, 0) is 19.2 Å². The number of hydrogen-bond donors (Lipinski definition) is 2. The van der Waals surface area contributed by atoms with Crippen LogP contribution in [0, 0.1) is 0 Å². The van der Waals surface area contributed by atoms with Crippen molar-refractivity contribution in [3.05, 3.63) is 35.4 Å². The monoisotopic (exact) mass is 444 g/mol. The summed E-state index contributed by atoms with van der Waals surface area (Å²) in [5.74, 6) is -4.82. The lowest BCUT2D eigenvalue weighted by atomic mass is 9.96. The fraction of sp³-hybridized carbons (Fsp3) is 0.429. The van der Waals surface area contributed by atoms with E-state index in [4.69, 9.17) is 0 Å². The van der Waals surface area contributed by atoms with Crippen molar-refractivity contribution in [3.8, 4) is 0 Å². The van der Waals surface area contributed by atoms with Crippen LogP contribution in [0.5, 0.6) is 0 Å². The summed E-state index contributed by atoms with van der Waals surface area (Å²) in [6, 6.07) is 4.92. The fourth-order valence-corrected chi connectivity index (χ4v) is 3.83. The molecule has 5 amide bonds. The number of likely N-dealkylation sites (N-methyl/N-ethyl adjacent to an activating group) is 1. The zero-order valence-electron chi connectivity index (χ0n) is 18.0. The summed E-state index contributed by atoms with van der Waals surface area (Å²) < 4.78 is 0. The molecule has 0 saturated carbocycles. The number of fused-ring (bicyclic) bond motifs is 1. The van der Waals surface area contributed by atoms with E-state index >= 15 is 0 Å². The van der Waals surface area contributed by atoms with Gasteiger partial charge in [-0.25, -0.2) is 4.79 Å². The van der Waals surface area contributed by atoms with E-state index in [2.05, 4.69) is 5.32 Å². The minimum absolute atomic E-state index is 0.0591. The predicted molar refractivity (Wildman–Crippen MR) is 109 cm³/mol. The molecule has 2 N–H and O–H groups in total. The SMILES string of the molecule is CN(C)CC(=O)N[C@@](C)(CN1C(=O)CCC(N2C(=O)c3ccccc3C2=O)C1=O)C(=O)O. The molecular weight excluding hydrogens is 420 g/mol. The highest BCUT2D eigenvalue weighted by atomic mass is 16.4. The normalized spacial score (nSPS) is 20.4. The maximum atomic E-state index is 13.2.